The monoisotopic (exact) mass is 354 g/mol. The number of carbonyl (C=O) groups is 1. The van der Waals surface area contributed by atoms with Crippen LogP contribution < -0.4 is 4.72 Å². The van der Waals surface area contributed by atoms with Crippen LogP contribution in [0, 0.1) is 5.82 Å². The number of halogens is 2. The number of benzene rings is 1. The number of anilines is 1. The topological polar surface area (TPSA) is 86.7 Å². The van der Waals surface area contributed by atoms with Gasteiger partial charge < -0.3 is 5.11 Å². The Bertz CT molecular complexity index is 579. The maximum atomic E-state index is 13.0. The van der Waals surface area contributed by atoms with Crippen LogP contribution in [0.2, 0.25) is 0 Å². The van der Waals surface area contributed by atoms with Crippen molar-refractivity contribution in [1.29, 1.82) is 0 Å². The molecule has 0 radical (unpaired) electrons. The number of rotatable bonds is 6. The predicted molar refractivity (Wildman–Crippen MR) is 71.5 cm³/mol. The molecule has 0 saturated heterocycles. The quantitative estimate of drug-likeness (QED) is 0.813. The van der Waals surface area contributed by atoms with Gasteiger partial charge in [-0.15, -0.1) is 0 Å². The maximum absolute atomic E-state index is 13.0. The average molecular weight is 355 g/mol. The van der Waals surface area contributed by atoms with E-state index in [4.69, 9.17) is 5.11 Å². The Balaban J connectivity index is 2.78. The summed E-state index contributed by atoms with van der Waals surface area (Å²) in [5, 5.41) is 8.49. The number of hydrogen-bond donors (Lipinski definition) is 2. The number of carboxylic acids is 1. The van der Waals surface area contributed by atoms with Gasteiger partial charge in [-0.05, 0) is 34.1 Å². The highest BCUT2D eigenvalue weighted by atomic mass is 79.9. The van der Waals surface area contributed by atoms with E-state index in [9.17, 15) is 17.6 Å². The molecule has 0 bridgehead atoms. The summed E-state index contributed by atoms with van der Waals surface area (Å²) in [5.74, 6) is -1.60. The number of nitrogens with one attached hydrogen (secondary N) is 1. The summed E-state index contributed by atoms with van der Waals surface area (Å²) in [6, 6.07) is 3.65. The second-order valence-corrected chi connectivity index (χ2v) is 6.33. The van der Waals surface area contributed by atoms with Gasteiger partial charge >= 0.3 is 16.2 Å². The van der Waals surface area contributed by atoms with Crippen molar-refractivity contribution in [3.63, 3.8) is 0 Å². The SMILES string of the molecule is CN(CCC(=O)O)S(=O)(=O)Nc1ccc(F)c(Br)c1. The van der Waals surface area contributed by atoms with Crippen LogP contribution in [0.3, 0.4) is 0 Å². The molecule has 9 heteroatoms. The Hall–Kier alpha value is -1.19. The second-order valence-electron chi connectivity index (χ2n) is 3.70. The summed E-state index contributed by atoms with van der Waals surface area (Å²) in [6.07, 6.45) is -0.301. The van der Waals surface area contributed by atoms with E-state index in [2.05, 4.69) is 20.7 Å². The maximum Gasteiger partial charge on any atom is 0.304 e. The molecule has 0 spiro atoms. The van der Waals surface area contributed by atoms with Gasteiger partial charge in [-0.3, -0.25) is 9.52 Å². The molecule has 106 valence electrons. The summed E-state index contributed by atoms with van der Waals surface area (Å²) in [5.41, 5.74) is 0.176. The van der Waals surface area contributed by atoms with Gasteiger partial charge in [0, 0.05) is 13.6 Å². The normalized spacial score (nSPS) is 11.6. The van der Waals surface area contributed by atoms with Gasteiger partial charge in [0.25, 0.3) is 0 Å². The lowest BCUT2D eigenvalue weighted by Crippen LogP contribution is -2.34. The lowest BCUT2D eigenvalue weighted by Gasteiger charge is -2.17. The fraction of sp³-hybridized carbons (Fsp3) is 0.300. The molecular formula is C10H12BrFN2O4S. The Morgan fingerprint density at radius 2 is 2.16 bits per heavy atom. The molecule has 0 aromatic heterocycles. The third kappa shape index (κ3) is 4.77. The molecule has 1 rings (SSSR count). The van der Waals surface area contributed by atoms with Crippen LogP contribution in [-0.4, -0.2) is 37.4 Å². The van der Waals surface area contributed by atoms with Crippen LogP contribution >= 0.6 is 15.9 Å². The fourth-order valence-corrected chi connectivity index (χ4v) is 2.45. The molecular weight excluding hydrogens is 343 g/mol. The van der Waals surface area contributed by atoms with Crippen molar-refractivity contribution in [1.82, 2.24) is 4.31 Å². The van der Waals surface area contributed by atoms with E-state index < -0.39 is 22.0 Å². The van der Waals surface area contributed by atoms with Gasteiger partial charge in [0.2, 0.25) is 0 Å². The Morgan fingerprint density at radius 1 is 1.53 bits per heavy atom. The number of nitrogens with zero attached hydrogens (tertiary/aromatic N) is 1. The highest BCUT2D eigenvalue weighted by molar-refractivity contribution is 9.10. The molecule has 0 fully saturated rings. The van der Waals surface area contributed by atoms with Crippen LogP contribution in [0.15, 0.2) is 22.7 Å². The molecule has 1 aromatic rings. The zero-order valence-corrected chi connectivity index (χ0v) is 12.3. The van der Waals surface area contributed by atoms with E-state index >= 15 is 0 Å². The summed E-state index contributed by atoms with van der Waals surface area (Å²) in [7, 11) is -2.61. The highest BCUT2D eigenvalue weighted by Gasteiger charge is 2.18. The number of hydrogen-bond acceptors (Lipinski definition) is 3. The van der Waals surface area contributed by atoms with Gasteiger partial charge in [-0.25, -0.2) is 4.39 Å². The van der Waals surface area contributed by atoms with Crippen molar-refractivity contribution < 1.29 is 22.7 Å². The van der Waals surface area contributed by atoms with E-state index in [0.717, 1.165) is 10.4 Å². The first-order chi connectivity index (χ1) is 8.72. The van der Waals surface area contributed by atoms with Crippen molar-refractivity contribution in [2.75, 3.05) is 18.3 Å². The van der Waals surface area contributed by atoms with Crippen LogP contribution in [-0.2, 0) is 15.0 Å². The smallest absolute Gasteiger partial charge is 0.304 e. The minimum absolute atomic E-state index is 0.126. The Kier molecular flexibility index (Phi) is 5.27. The summed E-state index contributed by atoms with van der Waals surface area (Å²) in [4.78, 5) is 10.4. The van der Waals surface area contributed by atoms with Crippen molar-refractivity contribution in [2.45, 2.75) is 6.42 Å². The summed E-state index contributed by atoms with van der Waals surface area (Å²) < 4.78 is 39.9. The van der Waals surface area contributed by atoms with Gasteiger partial charge in [0.05, 0.1) is 16.6 Å². The lowest BCUT2D eigenvalue weighted by molar-refractivity contribution is -0.137. The zero-order chi connectivity index (χ0) is 14.6. The molecule has 6 nitrogen and oxygen atoms in total. The molecule has 0 unspecified atom stereocenters. The van der Waals surface area contributed by atoms with Crippen LogP contribution in [0.4, 0.5) is 10.1 Å². The molecule has 0 saturated carbocycles. The molecule has 0 heterocycles. The van der Waals surface area contributed by atoms with Crippen molar-refractivity contribution in [2.24, 2.45) is 0 Å². The van der Waals surface area contributed by atoms with Crippen LogP contribution in [0.5, 0.6) is 0 Å². The molecule has 0 amide bonds. The van der Waals surface area contributed by atoms with Gasteiger partial charge in [-0.2, -0.15) is 12.7 Å². The van der Waals surface area contributed by atoms with Crippen LogP contribution in [0.1, 0.15) is 6.42 Å². The van der Waals surface area contributed by atoms with Crippen molar-refractivity contribution >= 4 is 37.8 Å². The second kappa shape index (κ2) is 6.31. The summed E-state index contributed by atoms with van der Waals surface area (Å²) >= 11 is 2.94. The third-order valence-electron chi connectivity index (χ3n) is 2.22. The molecule has 0 aliphatic heterocycles. The van der Waals surface area contributed by atoms with Crippen molar-refractivity contribution in [3.05, 3.63) is 28.5 Å². The van der Waals surface area contributed by atoms with E-state index in [1.165, 1.54) is 19.2 Å². The predicted octanol–water partition coefficient (Wildman–Crippen LogP) is 1.65. The molecule has 19 heavy (non-hydrogen) atoms. The summed E-state index contributed by atoms with van der Waals surface area (Å²) in [6.45, 7) is -0.160. The Labute approximate surface area is 118 Å². The van der Waals surface area contributed by atoms with E-state index in [-0.39, 0.29) is 23.1 Å². The minimum atomic E-state index is -3.86. The zero-order valence-electron chi connectivity index (χ0n) is 9.93. The van der Waals surface area contributed by atoms with Gasteiger partial charge in [-0.1, -0.05) is 0 Å². The largest absolute Gasteiger partial charge is 0.481 e. The van der Waals surface area contributed by atoms with E-state index in [1.54, 1.807) is 0 Å². The minimum Gasteiger partial charge on any atom is -0.481 e. The lowest BCUT2D eigenvalue weighted by atomic mass is 10.3. The van der Waals surface area contributed by atoms with Crippen molar-refractivity contribution in [3.8, 4) is 0 Å². The number of carboxylic acid groups (broad SMARTS) is 1. The first-order valence-electron chi connectivity index (χ1n) is 5.13. The highest BCUT2D eigenvalue weighted by Crippen LogP contribution is 2.21. The number of aliphatic carboxylic acids is 1. The van der Waals surface area contributed by atoms with Crippen LogP contribution in [0.25, 0.3) is 0 Å². The Morgan fingerprint density at radius 3 is 2.68 bits per heavy atom. The van der Waals surface area contributed by atoms with Gasteiger partial charge in [0.15, 0.2) is 0 Å². The first kappa shape index (κ1) is 15.9. The molecule has 0 aliphatic carbocycles. The molecule has 2 N–H and O–H groups in total. The van der Waals surface area contributed by atoms with E-state index in [1.807, 2.05) is 0 Å². The first-order valence-corrected chi connectivity index (χ1v) is 7.36. The average Bonchev–Trinajstić information content (AvgIpc) is 2.30. The standard InChI is InChI=1S/C10H12BrFN2O4S/c1-14(5-4-10(15)16)19(17,18)13-7-2-3-9(12)8(11)6-7/h2-3,6,13H,4-5H2,1H3,(H,15,16). The van der Waals surface area contributed by atoms with Gasteiger partial charge in [0.1, 0.15) is 5.82 Å². The van der Waals surface area contributed by atoms with E-state index in [0.29, 0.717) is 0 Å². The third-order valence-corrected chi connectivity index (χ3v) is 4.32. The molecule has 0 aliphatic rings. The molecule has 0 atom stereocenters. The fourth-order valence-electron chi connectivity index (χ4n) is 1.16. The molecule has 1 aromatic carbocycles.